The maximum atomic E-state index is 13.8. The highest BCUT2D eigenvalue weighted by molar-refractivity contribution is 8.00. The first-order valence-electron chi connectivity index (χ1n) is 15.5. The highest BCUT2D eigenvalue weighted by Crippen LogP contribution is 2.46. The largest absolute Gasteiger partial charge is 0.507 e. The number of carbonyl (C=O) groups excluding carboxylic acids is 2. The van der Waals surface area contributed by atoms with Crippen molar-refractivity contribution in [2.45, 2.75) is 43.3 Å². The van der Waals surface area contributed by atoms with Gasteiger partial charge in [0, 0.05) is 16.3 Å². The number of ether oxygens (including phenoxy) is 4. The number of nitrogens with zero attached hydrogens (tertiary/aromatic N) is 3. The van der Waals surface area contributed by atoms with Gasteiger partial charge in [0.05, 0.1) is 24.8 Å². The number of anilines is 1. The number of benzene rings is 3. The lowest BCUT2D eigenvalue weighted by atomic mass is 9.95. The van der Waals surface area contributed by atoms with E-state index in [-0.39, 0.29) is 16.5 Å². The van der Waals surface area contributed by atoms with E-state index < -0.39 is 17.7 Å². The molecular formula is C35H34ClN3O7S2. The number of hydrogen-bond acceptors (Lipinski definition) is 11. The molecule has 1 N–H and O–H groups in total. The van der Waals surface area contributed by atoms with Crippen LogP contribution in [0, 0.1) is 5.92 Å². The average molecular weight is 708 g/mol. The van der Waals surface area contributed by atoms with Gasteiger partial charge in [-0.1, -0.05) is 66.7 Å². The van der Waals surface area contributed by atoms with E-state index in [4.69, 9.17) is 30.5 Å². The number of amides is 1. The number of fused-ring (bicyclic) bond motifs is 1. The maximum Gasteiger partial charge on any atom is 0.301 e. The summed E-state index contributed by atoms with van der Waals surface area (Å²) >= 11 is 8.67. The Morgan fingerprint density at radius 3 is 2.54 bits per heavy atom. The van der Waals surface area contributed by atoms with Gasteiger partial charge in [0.25, 0.3) is 5.78 Å². The van der Waals surface area contributed by atoms with Crippen molar-refractivity contribution in [2.75, 3.05) is 31.3 Å². The second-order valence-electron chi connectivity index (χ2n) is 11.5. The number of aliphatic hydroxyl groups excluding tert-OH is 1. The van der Waals surface area contributed by atoms with Crippen LogP contribution < -0.4 is 23.8 Å². The van der Waals surface area contributed by atoms with Crippen LogP contribution in [0.3, 0.4) is 0 Å². The number of thioether (sulfide) groups is 1. The van der Waals surface area contributed by atoms with Crippen LogP contribution in [-0.2, 0) is 15.3 Å². The molecule has 0 bridgehead atoms. The molecule has 6 rings (SSSR count). The van der Waals surface area contributed by atoms with Gasteiger partial charge in [0.15, 0.2) is 27.3 Å². The number of aliphatic hydroxyl groups is 1. The summed E-state index contributed by atoms with van der Waals surface area (Å²) in [5.74, 6) is 0.991. The fraction of sp³-hybridized carbons (Fsp3) is 0.314. The Balaban J connectivity index is 1.40. The Morgan fingerprint density at radius 1 is 1.02 bits per heavy atom. The van der Waals surface area contributed by atoms with Crippen LogP contribution in [0.5, 0.6) is 23.0 Å². The van der Waals surface area contributed by atoms with Crippen LogP contribution >= 0.6 is 34.7 Å². The van der Waals surface area contributed by atoms with Crippen LogP contribution in [-0.4, -0.2) is 53.4 Å². The second kappa shape index (κ2) is 14.9. The quantitative estimate of drug-likeness (QED) is 0.0516. The van der Waals surface area contributed by atoms with Crippen LogP contribution in [0.1, 0.15) is 49.9 Å². The summed E-state index contributed by atoms with van der Waals surface area (Å²) in [6, 6.07) is 16.6. The third-order valence-electron chi connectivity index (χ3n) is 7.67. The van der Waals surface area contributed by atoms with Crippen molar-refractivity contribution in [3.05, 3.63) is 87.9 Å². The van der Waals surface area contributed by atoms with E-state index in [0.717, 1.165) is 12.0 Å². The molecule has 3 aromatic carbocycles. The number of hydrogen-bond donors (Lipinski definition) is 1. The first-order chi connectivity index (χ1) is 23.2. The fourth-order valence-electron chi connectivity index (χ4n) is 5.26. The summed E-state index contributed by atoms with van der Waals surface area (Å²) in [5, 5.41) is 21.2. The molecule has 0 aliphatic carbocycles. The lowest BCUT2D eigenvalue weighted by Crippen LogP contribution is -2.29. The van der Waals surface area contributed by atoms with Crippen LogP contribution in [0.4, 0.5) is 5.13 Å². The third-order valence-corrected chi connectivity index (χ3v) is 10.1. The first kappa shape index (κ1) is 33.6. The summed E-state index contributed by atoms with van der Waals surface area (Å²) in [4.78, 5) is 28.9. The Labute approximate surface area is 291 Å². The SMILES string of the molecule is CCOc1cc(C2/C(=C(\O)c3ccc4c(c3)OCCO4)C(=O)C(=O)N2c2nnc(SCc3ccc(Cl)cc3)s2)ccc1OCCC(C)C. The van der Waals surface area contributed by atoms with E-state index in [1.54, 1.807) is 36.4 Å². The number of Topliss-reactive ketones (excluding diaryl/α,β-unsaturated/α-hetero) is 1. The molecule has 250 valence electrons. The molecule has 4 aromatic rings. The molecule has 1 fully saturated rings. The fourth-order valence-corrected chi connectivity index (χ4v) is 7.21. The standard InChI is InChI=1S/C35H34ClN3O7S2/c1-4-43-27-17-22(7-11-25(27)44-14-13-20(2)3)30-29(31(40)23-8-12-26-28(18-23)46-16-15-45-26)32(41)33(42)39(30)34-37-38-35(48-34)47-19-21-5-9-24(36)10-6-21/h5-12,17-18,20,30,40H,4,13-16,19H2,1-3H3/b31-29+. The molecule has 1 amide bonds. The van der Waals surface area contributed by atoms with Gasteiger partial charge in [-0.2, -0.15) is 0 Å². The molecule has 10 nitrogen and oxygen atoms in total. The van der Waals surface area contributed by atoms with Crippen molar-refractivity contribution >= 4 is 57.3 Å². The molecule has 0 spiro atoms. The summed E-state index contributed by atoms with van der Waals surface area (Å²) in [7, 11) is 0. The van der Waals surface area contributed by atoms with Gasteiger partial charge in [-0.05, 0) is 72.9 Å². The molecule has 1 saturated heterocycles. The lowest BCUT2D eigenvalue weighted by molar-refractivity contribution is -0.132. The Morgan fingerprint density at radius 2 is 1.79 bits per heavy atom. The van der Waals surface area contributed by atoms with Gasteiger partial charge in [0.1, 0.15) is 19.0 Å². The summed E-state index contributed by atoms with van der Waals surface area (Å²) in [6.07, 6.45) is 0.860. The van der Waals surface area contributed by atoms with Crippen LogP contribution in [0.2, 0.25) is 5.02 Å². The number of ketones is 1. The van der Waals surface area contributed by atoms with Gasteiger partial charge in [-0.3, -0.25) is 14.5 Å². The minimum absolute atomic E-state index is 0.0989. The predicted octanol–water partition coefficient (Wildman–Crippen LogP) is 7.70. The van der Waals surface area contributed by atoms with Gasteiger partial charge in [-0.15, -0.1) is 10.2 Å². The zero-order chi connectivity index (χ0) is 33.8. The number of carbonyl (C=O) groups is 2. The van der Waals surface area contributed by atoms with E-state index in [1.165, 1.54) is 28.0 Å². The summed E-state index contributed by atoms with van der Waals surface area (Å²) in [5.41, 5.74) is 1.77. The monoisotopic (exact) mass is 707 g/mol. The van der Waals surface area contributed by atoms with Crippen molar-refractivity contribution in [1.29, 1.82) is 0 Å². The lowest BCUT2D eigenvalue weighted by Gasteiger charge is -2.24. The topological polar surface area (TPSA) is 120 Å². The average Bonchev–Trinajstić information content (AvgIpc) is 3.66. The van der Waals surface area contributed by atoms with Gasteiger partial charge >= 0.3 is 5.91 Å². The molecule has 2 aliphatic heterocycles. The zero-order valence-corrected chi connectivity index (χ0v) is 29.0. The predicted molar refractivity (Wildman–Crippen MR) is 186 cm³/mol. The van der Waals surface area contributed by atoms with Crippen molar-refractivity contribution in [3.63, 3.8) is 0 Å². The van der Waals surface area contributed by atoms with Crippen molar-refractivity contribution in [2.24, 2.45) is 5.92 Å². The molecule has 48 heavy (non-hydrogen) atoms. The van der Waals surface area contributed by atoms with E-state index in [0.29, 0.717) is 81.6 Å². The van der Waals surface area contributed by atoms with Crippen molar-refractivity contribution in [3.8, 4) is 23.0 Å². The summed E-state index contributed by atoms with van der Waals surface area (Å²) < 4.78 is 24.0. The second-order valence-corrected chi connectivity index (χ2v) is 14.1. The van der Waals surface area contributed by atoms with Gasteiger partial charge in [0.2, 0.25) is 5.13 Å². The molecule has 1 aromatic heterocycles. The Kier molecular flexibility index (Phi) is 10.4. The number of rotatable bonds is 12. The molecule has 0 radical (unpaired) electrons. The minimum atomic E-state index is -1.04. The summed E-state index contributed by atoms with van der Waals surface area (Å²) in [6.45, 7) is 7.73. The Bertz CT molecular complexity index is 1840. The Hall–Kier alpha value is -4.26. The molecule has 0 saturated carbocycles. The highest BCUT2D eigenvalue weighted by Gasteiger charge is 2.48. The normalized spacial score (nSPS) is 16.9. The van der Waals surface area contributed by atoms with Crippen molar-refractivity contribution in [1.82, 2.24) is 10.2 Å². The van der Waals surface area contributed by atoms with E-state index in [9.17, 15) is 14.7 Å². The molecule has 1 unspecified atom stereocenters. The molecular weight excluding hydrogens is 674 g/mol. The smallest absolute Gasteiger partial charge is 0.301 e. The van der Waals surface area contributed by atoms with Crippen molar-refractivity contribution < 1.29 is 33.6 Å². The molecule has 13 heteroatoms. The maximum absolute atomic E-state index is 13.8. The zero-order valence-electron chi connectivity index (χ0n) is 26.6. The van der Waals surface area contributed by atoms with E-state index >= 15 is 0 Å². The highest BCUT2D eigenvalue weighted by atomic mass is 35.5. The molecule has 2 aliphatic rings. The van der Waals surface area contributed by atoms with Gasteiger partial charge < -0.3 is 24.1 Å². The molecule has 1 atom stereocenters. The number of aromatic nitrogens is 2. The van der Waals surface area contributed by atoms with Crippen LogP contribution in [0.25, 0.3) is 5.76 Å². The first-order valence-corrected chi connectivity index (χ1v) is 17.7. The van der Waals surface area contributed by atoms with Gasteiger partial charge in [-0.25, -0.2) is 0 Å². The number of halogens is 1. The van der Waals surface area contributed by atoms with E-state index in [1.807, 2.05) is 31.2 Å². The molecule has 3 heterocycles. The van der Waals surface area contributed by atoms with E-state index in [2.05, 4.69) is 24.0 Å². The van der Waals surface area contributed by atoms with Crippen LogP contribution in [0.15, 0.2) is 70.6 Å². The minimum Gasteiger partial charge on any atom is -0.507 e. The third kappa shape index (κ3) is 7.25.